The Morgan fingerprint density at radius 3 is 2.38 bits per heavy atom. The van der Waals surface area contributed by atoms with Gasteiger partial charge in [0.2, 0.25) is 11.8 Å². The average molecular weight is 487 g/mol. The number of aliphatic imine (C=N–C) groups is 1. The van der Waals surface area contributed by atoms with Crippen LogP contribution in [0.4, 0.5) is 8.78 Å². The lowest BCUT2D eigenvalue weighted by atomic mass is 10.1. The Labute approximate surface area is 170 Å². The van der Waals surface area contributed by atoms with Crippen molar-refractivity contribution in [2.45, 2.75) is 44.6 Å². The maximum Gasteiger partial charge on any atom is 0.251 e. The molecule has 2 saturated heterocycles. The van der Waals surface area contributed by atoms with Gasteiger partial charge in [-0.3, -0.25) is 24.4 Å². The molecule has 0 aliphatic carbocycles. The summed E-state index contributed by atoms with van der Waals surface area (Å²) in [5.74, 6) is 0.365. The van der Waals surface area contributed by atoms with Crippen molar-refractivity contribution in [3.63, 3.8) is 0 Å². The summed E-state index contributed by atoms with van der Waals surface area (Å²) < 4.78 is 24.8. The number of carbonyl (C=O) groups excluding carboxylic acids is 2. The molecule has 150 valence electrons. The van der Waals surface area contributed by atoms with Crippen molar-refractivity contribution in [2.24, 2.45) is 4.99 Å². The molecule has 2 rings (SSSR count). The largest absolute Gasteiger partial charge is 0.355 e. The number of nitrogens with one attached hydrogen (secondary N) is 2. The van der Waals surface area contributed by atoms with Crippen molar-refractivity contribution in [1.82, 2.24) is 20.4 Å². The molecule has 0 atom stereocenters. The molecule has 0 aromatic heterocycles. The fourth-order valence-electron chi connectivity index (χ4n) is 3.18. The average Bonchev–Trinajstić information content (AvgIpc) is 2.57. The summed E-state index contributed by atoms with van der Waals surface area (Å²) in [6, 6.07) is 0.179. The fourth-order valence-corrected chi connectivity index (χ4v) is 3.18. The lowest BCUT2D eigenvalue weighted by Gasteiger charge is -2.33. The maximum absolute atomic E-state index is 12.4. The number of guanidine groups is 1. The van der Waals surface area contributed by atoms with E-state index in [1.165, 1.54) is 4.90 Å². The minimum absolute atomic E-state index is 0. The molecule has 0 spiro atoms. The Balaban J connectivity index is 0.00000338. The third-order valence-corrected chi connectivity index (χ3v) is 4.56. The van der Waals surface area contributed by atoms with Crippen molar-refractivity contribution in [3.8, 4) is 0 Å². The summed E-state index contributed by atoms with van der Waals surface area (Å²) in [6.07, 6.45) is 0.743. The van der Waals surface area contributed by atoms with E-state index in [4.69, 9.17) is 0 Å². The molecule has 0 unspecified atom stereocenters. The first kappa shape index (κ1) is 23.0. The van der Waals surface area contributed by atoms with Crippen molar-refractivity contribution in [1.29, 1.82) is 0 Å². The van der Waals surface area contributed by atoms with Crippen LogP contribution in [0.3, 0.4) is 0 Å². The number of likely N-dealkylation sites (tertiary alicyclic amines) is 2. The molecule has 0 saturated carbocycles. The number of amides is 2. The van der Waals surface area contributed by atoms with Crippen LogP contribution in [-0.4, -0.2) is 79.8 Å². The van der Waals surface area contributed by atoms with Crippen LogP contribution < -0.4 is 10.6 Å². The van der Waals surface area contributed by atoms with Crippen molar-refractivity contribution < 1.29 is 18.4 Å². The highest BCUT2D eigenvalue weighted by atomic mass is 127. The molecule has 26 heavy (non-hydrogen) atoms. The van der Waals surface area contributed by atoms with E-state index in [1.807, 2.05) is 0 Å². The number of nitrogens with zero attached hydrogens (tertiary/aromatic N) is 3. The van der Waals surface area contributed by atoms with Gasteiger partial charge in [-0.2, -0.15) is 0 Å². The molecule has 2 fully saturated rings. The van der Waals surface area contributed by atoms with Gasteiger partial charge in [-0.25, -0.2) is 8.78 Å². The molecule has 0 radical (unpaired) electrons. The first-order chi connectivity index (χ1) is 12.0. The first-order valence-electron chi connectivity index (χ1n) is 8.80. The summed E-state index contributed by atoms with van der Waals surface area (Å²) in [5, 5.41) is 6.38. The smallest absolute Gasteiger partial charge is 0.251 e. The first-order valence-corrected chi connectivity index (χ1v) is 8.80. The minimum atomic E-state index is -2.29. The zero-order chi connectivity index (χ0) is 18.2. The SMILES string of the molecule is CN=C(NCCN1C(=O)CCCC1=O)NC1CCN(CC(F)F)CC1.I. The van der Waals surface area contributed by atoms with Gasteiger partial charge in [-0.1, -0.05) is 0 Å². The van der Waals surface area contributed by atoms with Gasteiger partial charge in [-0.05, 0) is 19.3 Å². The Kier molecular flexibility index (Phi) is 10.3. The number of alkyl halides is 2. The van der Waals surface area contributed by atoms with Gasteiger partial charge in [0.25, 0.3) is 6.43 Å². The van der Waals surface area contributed by atoms with Gasteiger partial charge in [0.1, 0.15) is 0 Å². The Bertz CT molecular complexity index is 483. The molecule has 2 aliphatic rings. The number of hydrogen-bond acceptors (Lipinski definition) is 4. The van der Waals surface area contributed by atoms with Crippen molar-refractivity contribution in [2.75, 3.05) is 39.8 Å². The van der Waals surface area contributed by atoms with E-state index in [0.29, 0.717) is 51.4 Å². The minimum Gasteiger partial charge on any atom is -0.355 e. The van der Waals surface area contributed by atoms with Crippen molar-refractivity contribution >= 4 is 41.8 Å². The van der Waals surface area contributed by atoms with E-state index >= 15 is 0 Å². The fraction of sp³-hybridized carbons (Fsp3) is 0.812. The number of carbonyl (C=O) groups is 2. The van der Waals surface area contributed by atoms with Crippen LogP contribution in [-0.2, 0) is 9.59 Å². The van der Waals surface area contributed by atoms with Crippen LogP contribution in [0.5, 0.6) is 0 Å². The predicted octanol–water partition coefficient (Wildman–Crippen LogP) is 1.04. The van der Waals surface area contributed by atoms with Crippen LogP contribution in [0, 0.1) is 0 Å². The van der Waals surface area contributed by atoms with Gasteiger partial charge in [0, 0.05) is 52.1 Å². The second-order valence-electron chi connectivity index (χ2n) is 6.40. The summed E-state index contributed by atoms with van der Waals surface area (Å²) in [7, 11) is 1.65. The van der Waals surface area contributed by atoms with Crippen LogP contribution in [0.2, 0.25) is 0 Å². The lowest BCUT2D eigenvalue weighted by molar-refractivity contribution is -0.147. The van der Waals surface area contributed by atoms with E-state index < -0.39 is 6.43 Å². The third kappa shape index (κ3) is 7.29. The van der Waals surface area contributed by atoms with Crippen LogP contribution in [0.1, 0.15) is 32.1 Å². The standard InChI is InChI=1S/C16H27F2N5O2.HI/c1-19-16(20-7-10-23-14(24)3-2-4-15(23)25)21-12-5-8-22(9-6-12)11-13(17)18;/h12-13H,2-11H2,1H3,(H2,19,20,21);1H. The molecule has 0 aromatic carbocycles. The van der Waals surface area contributed by atoms with E-state index in [1.54, 1.807) is 11.9 Å². The topological polar surface area (TPSA) is 77.0 Å². The van der Waals surface area contributed by atoms with Crippen LogP contribution in [0.25, 0.3) is 0 Å². The molecular formula is C16H28F2IN5O2. The summed E-state index contributed by atoms with van der Waals surface area (Å²) in [6.45, 7) is 1.86. The Hall–Kier alpha value is -1.04. The summed E-state index contributed by atoms with van der Waals surface area (Å²) >= 11 is 0. The van der Waals surface area contributed by atoms with E-state index in [2.05, 4.69) is 15.6 Å². The zero-order valence-corrected chi connectivity index (χ0v) is 17.4. The molecule has 2 aliphatic heterocycles. The highest BCUT2D eigenvalue weighted by Gasteiger charge is 2.25. The Morgan fingerprint density at radius 1 is 1.23 bits per heavy atom. The van der Waals surface area contributed by atoms with Gasteiger partial charge < -0.3 is 10.6 Å². The molecule has 0 bridgehead atoms. The van der Waals surface area contributed by atoms with E-state index in [9.17, 15) is 18.4 Å². The number of imide groups is 1. The molecule has 2 N–H and O–H groups in total. The van der Waals surface area contributed by atoms with E-state index in [-0.39, 0.29) is 48.4 Å². The molecule has 2 amide bonds. The summed E-state index contributed by atoms with van der Waals surface area (Å²) in [5.41, 5.74) is 0. The van der Waals surface area contributed by atoms with Gasteiger partial charge in [-0.15, -0.1) is 24.0 Å². The van der Waals surface area contributed by atoms with Crippen molar-refractivity contribution in [3.05, 3.63) is 0 Å². The third-order valence-electron chi connectivity index (χ3n) is 4.56. The number of rotatable bonds is 6. The second-order valence-corrected chi connectivity index (χ2v) is 6.40. The number of hydrogen-bond donors (Lipinski definition) is 2. The molecule has 2 heterocycles. The van der Waals surface area contributed by atoms with Gasteiger partial charge in [0.15, 0.2) is 5.96 Å². The monoisotopic (exact) mass is 487 g/mol. The molecule has 7 nitrogen and oxygen atoms in total. The maximum atomic E-state index is 12.4. The molecule has 10 heteroatoms. The Morgan fingerprint density at radius 2 is 1.85 bits per heavy atom. The van der Waals surface area contributed by atoms with Crippen LogP contribution in [0.15, 0.2) is 4.99 Å². The zero-order valence-electron chi connectivity index (χ0n) is 15.0. The quantitative estimate of drug-likeness (QED) is 0.254. The molecular weight excluding hydrogens is 459 g/mol. The lowest BCUT2D eigenvalue weighted by Crippen LogP contribution is -2.51. The van der Waals surface area contributed by atoms with E-state index in [0.717, 1.165) is 12.8 Å². The second kappa shape index (κ2) is 11.6. The van der Waals surface area contributed by atoms with Crippen LogP contribution >= 0.6 is 24.0 Å². The number of halogens is 3. The number of piperidine rings is 2. The highest BCUT2D eigenvalue weighted by Crippen LogP contribution is 2.12. The van der Waals surface area contributed by atoms with Gasteiger partial charge >= 0.3 is 0 Å². The summed E-state index contributed by atoms with van der Waals surface area (Å²) in [4.78, 5) is 30.7. The normalized spacial score (nSPS) is 20.3. The van der Waals surface area contributed by atoms with Gasteiger partial charge in [0.05, 0.1) is 6.54 Å². The predicted molar refractivity (Wildman–Crippen MR) is 106 cm³/mol. The highest BCUT2D eigenvalue weighted by molar-refractivity contribution is 14.0. The molecule has 0 aromatic rings.